The molecule has 1 aliphatic carbocycles. The van der Waals surface area contributed by atoms with Gasteiger partial charge in [0.2, 0.25) is 0 Å². The Morgan fingerprint density at radius 2 is 2.06 bits per heavy atom. The van der Waals surface area contributed by atoms with Crippen molar-refractivity contribution >= 4 is 11.8 Å². The third-order valence-corrected chi connectivity index (χ3v) is 5.42. The van der Waals surface area contributed by atoms with Crippen LogP contribution in [0, 0.1) is 0 Å². The van der Waals surface area contributed by atoms with E-state index in [4.69, 9.17) is 0 Å². The minimum absolute atomic E-state index is 0.107. The van der Waals surface area contributed by atoms with Crippen LogP contribution in [0.25, 0.3) is 0 Å². The van der Waals surface area contributed by atoms with Crippen LogP contribution in [0.4, 0.5) is 0 Å². The van der Waals surface area contributed by atoms with Crippen LogP contribution < -0.4 is 0 Å². The molecule has 0 radical (unpaired) electrons. The topological polar surface area (TPSA) is 12.9 Å². The smallest absolute Gasteiger partial charge is 0.0595 e. The predicted octanol–water partition coefficient (Wildman–Crippen LogP) is 4.24. The number of pyridine rings is 1. The fourth-order valence-corrected chi connectivity index (χ4v) is 4.53. The maximum atomic E-state index is 4.64. The quantitative estimate of drug-likeness (QED) is 0.689. The largest absolute Gasteiger partial charge is 0.260 e. The summed E-state index contributed by atoms with van der Waals surface area (Å²) in [5, 5.41) is 0.516. The average molecular weight is 257 g/mol. The molecular formula is C16H19NS. The zero-order chi connectivity index (χ0) is 13.0. The monoisotopic (exact) mass is 257 g/mol. The van der Waals surface area contributed by atoms with Crippen LogP contribution in [0.5, 0.6) is 0 Å². The number of hydrogen-bond donors (Lipinski definition) is 0. The molecule has 1 aromatic rings. The lowest BCUT2D eigenvalue weighted by molar-refractivity contribution is 0.546. The van der Waals surface area contributed by atoms with Gasteiger partial charge in [-0.05, 0) is 11.6 Å². The highest BCUT2D eigenvalue weighted by atomic mass is 32.2. The molecule has 18 heavy (non-hydrogen) atoms. The number of allylic oxidation sites excluding steroid dienone is 3. The van der Waals surface area contributed by atoms with Crippen molar-refractivity contribution in [3.63, 3.8) is 0 Å². The van der Waals surface area contributed by atoms with Gasteiger partial charge in [0.05, 0.1) is 5.69 Å². The molecule has 0 aromatic carbocycles. The lowest BCUT2D eigenvalue weighted by atomic mass is 9.76. The van der Waals surface area contributed by atoms with Gasteiger partial charge in [-0.2, -0.15) is 0 Å². The van der Waals surface area contributed by atoms with E-state index in [1.54, 1.807) is 0 Å². The Bertz CT molecular complexity index is 551. The van der Waals surface area contributed by atoms with Crippen LogP contribution in [-0.2, 0) is 10.8 Å². The lowest BCUT2D eigenvalue weighted by Gasteiger charge is -2.28. The van der Waals surface area contributed by atoms with E-state index >= 15 is 0 Å². The molecule has 1 aliphatic heterocycles. The van der Waals surface area contributed by atoms with Crippen LogP contribution >= 0.6 is 11.8 Å². The highest BCUT2D eigenvalue weighted by Crippen LogP contribution is 2.54. The van der Waals surface area contributed by atoms with Gasteiger partial charge in [-0.25, -0.2) is 0 Å². The van der Waals surface area contributed by atoms with Gasteiger partial charge in [0.15, 0.2) is 0 Å². The summed E-state index contributed by atoms with van der Waals surface area (Å²) in [7, 11) is 0. The summed E-state index contributed by atoms with van der Waals surface area (Å²) in [5.41, 5.74) is 2.92. The van der Waals surface area contributed by atoms with Crippen LogP contribution in [0.3, 0.4) is 0 Å². The van der Waals surface area contributed by atoms with Crippen molar-refractivity contribution in [2.45, 2.75) is 48.7 Å². The third kappa shape index (κ3) is 1.58. The van der Waals surface area contributed by atoms with Gasteiger partial charge in [0.25, 0.3) is 0 Å². The molecule has 0 saturated heterocycles. The van der Waals surface area contributed by atoms with E-state index in [0.29, 0.717) is 5.25 Å². The van der Waals surface area contributed by atoms with E-state index in [1.807, 2.05) is 18.0 Å². The van der Waals surface area contributed by atoms with Gasteiger partial charge in [-0.1, -0.05) is 52.0 Å². The zero-order valence-electron chi connectivity index (χ0n) is 11.4. The summed E-state index contributed by atoms with van der Waals surface area (Å²) in [4.78, 5) is 6.04. The Morgan fingerprint density at radius 3 is 2.78 bits per heavy atom. The van der Waals surface area contributed by atoms with Crippen molar-refractivity contribution in [1.29, 1.82) is 0 Å². The maximum absolute atomic E-state index is 4.64. The molecule has 0 spiro atoms. The molecule has 0 bridgehead atoms. The van der Waals surface area contributed by atoms with E-state index in [9.17, 15) is 0 Å². The van der Waals surface area contributed by atoms with Gasteiger partial charge in [0.1, 0.15) is 0 Å². The van der Waals surface area contributed by atoms with E-state index < -0.39 is 0 Å². The Labute approximate surface area is 113 Å². The van der Waals surface area contributed by atoms with Crippen molar-refractivity contribution in [1.82, 2.24) is 4.98 Å². The molecule has 2 heteroatoms. The number of hydrogen-bond acceptors (Lipinski definition) is 2. The first-order valence-electron chi connectivity index (χ1n) is 6.45. The first kappa shape index (κ1) is 12.0. The molecule has 2 unspecified atom stereocenters. The molecule has 2 atom stereocenters. The number of rotatable bonds is 0. The molecule has 0 amide bonds. The molecular weight excluding hydrogens is 238 g/mol. The molecule has 0 N–H and O–H groups in total. The number of fused-ring (bicyclic) bond motifs is 3. The second-order valence-electron chi connectivity index (χ2n) is 6.35. The second kappa shape index (κ2) is 3.74. The first-order chi connectivity index (χ1) is 8.43. The van der Waals surface area contributed by atoms with Gasteiger partial charge >= 0.3 is 0 Å². The minimum atomic E-state index is 0.107. The number of thioether (sulfide) groups is 1. The summed E-state index contributed by atoms with van der Waals surface area (Å²) in [6, 6.07) is 2.20. The van der Waals surface area contributed by atoms with E-state index in [-0.39, 0.29) is 10.8 Å². The summed E-state index contributed by atoms with van der Waals surface area (Å²) in [6.45, 7) is 9.06. The van der Waals surface area contributed by atoms with E-state index in [1.165, 1.54) is 16.2 Å². The standard InChI is InChI=1S/C16H19NS/c1-15(2,3)14-13-11(8-10-17-14)16(4)9-6-5-7-12(16)18-13/h5-10,12H,1-4H3. The van der Waals surface area contributed by atoms with Crippen LogP contribution in [0.2, 0.25) is 0 Å². The average Bonchev–Trinajstić information content (AvgIpc) is 2.60. The summed E-state index contributed by atoms with van der Waals surface area (Å²) >= 11 is 1.97. The Kier molecular flexibility index (Phi) is 2.50. The van der Waals surface area contributed by atoms with E-state index in [0.717, 1.165) is 0 Å². The predicted molar refractivity (Wildman–Crippen MR) is 78.2 cm³/mol. The maximum Gasteiger partial charge on any atom is 0.0595 e. The molecule has 1 aromatic heterocycles. The van der Waals surface area contributed by atoms with E-state index in [2.05, 4.69) is 63.0 Å². The van der Waals surface area contributed by atoms with Gasteiger partial charge in [-0.3, -0.25) is 4.98 Å². The zero-order valence-corrected chi connectivity index (χ0v) is 12.2. The van der Waals surface area contributed by atoms with Crippen molar-refractivity contribution in [3.8, 4) is 0 Å². The minimum Gasteiger partial charge on any atom is -0.260 e. The van der Waals surface area contributed by atoms with Crippen LogP contribution in [0.1, 0.15) is 39.0 Å². The SMILES string of the molecule is CC(C)(C)c1nccc2c1SC1C=CC=CC21C. The molecule has 1 nitrogen and oxygen atoms in total. The van der Waals surface area contributed by atoms with Gasteiger partial charge in [-0.15, -0.1) is 11.8 Å². The third-order valence-electron chi connectivity index (χ3n) is 3.87. The Balaban J connectivity index is 2.21. The normalized spacial score (nSPS) is 29.2. The van der Waals surface area contributed by atoms with Gasteiger partial charge in [0, 0.05) is 27.2 Å². The first-order valence-corrected chi connectivity index (χ1v) is 7.33. The number of nitrogens with zero attached hydrogens (tertiary/aromatic N) is 1. The molecule has 0 fully saturated rings. The highest BCUT2D eigenvalue weighted by Gasteiger charge is 2.43. The lowest BCUT2D eigenvalue weighted by Crippen LogP contribution is -2.28. The van der Waals surface area contributed by atoms with Crippen LogP contribution in [-0.4, -0.2) is 10.2 Å². The summed E-state index contributed by atoms with van der Waals surface area (Å²) in [5.74, 6) is 0. The van der Waals surface area contributed by atoms with Crippen molar-refractivity contribution in [2.75, 3.05) is 0 Å². The van der Waals surface area contributed by atoms with Gasteiger partial charge < -0.3 is 0 Å². The molecule has 0 saturated carbocycles. The van der Waals surface area contributed by atoms with Crippen molar-refractivity contribution in [3.05, 3.63) is 47.8 Å². The highest BCUT2D eigenvalue weighted by molar-refractivity contribution is 8.00. The Hall–Kier alpha value is -1.02. The number of aromatic nitrogens is 1. The fourth-order valence-electron chi connectivity index (χ4n) is 2.77. The van der Waals surface area contributed by atoms with Crippen molar-refractivity contribution in [2.24, 2.45) is 0 Å². The molecule has 2 heterocycles. The summed E-state index contributed by atoms with van der Waals surface area (Å²) < 4.78 is 0. The molecule has 2 aliphatic rings. The summed E-state index contributed by atoms with van der Waals surface area (Å²) in [6.07, 6.45) is 11.0. The molecule has 3 rings (SSSR count). The van der Waals surface area contributed by atoms with Crippen LogP contribution in [0.15, 0.2) is 41.5 Å². The molecule has 94 valence electrons. The van der Waals surface area contributed by atoms with Crippen molar-refractivity contribution < 1.29 is 0 Å². The second-order valence-corrected chi connectivity index (χ2v) is 7.50. The fraction of sp³-hybridized carbons (Fsp3) is 0.438. The Morgan fingerprint density at radius 1 is 1.28 bits per heavy atom.